The quantitative estimate of drug-likeness (QED) is 0.357. The second-order valence-electron chi connectivity index (χ2n) is 5.90. The van der Waals surface area contributed by atoms with Crippen molar-refractivity contribution in [2.75, 3.05) is 0 Å². The third kappa shape index (κ3) is 3.68. The van der Waals surface area contributed by atoms with Gasteiger partial charge in [0.1, 0.15) is 5.82 Å². The van der Waals surface area contributed by atoms with Gasteiger partial charge in [0.2, 0.25) is 0 Å². The zero-order valence-corrected chi connectivity index (χ0v) is 16.1. The van der Waals surface area contributed by atoms with E-state index in [0.717, 1.165) is 21.5 Å². The standard InChI is InChI=1S/C20H15ClF2N4S/c21-15-8-4-5-9-16(15)27-17(14-6-2-1-3-7-14)12-25-20(27)28-13-18-24-10-11-26(18)19(22)23/h1-12,19H,13H2. The second kappa shape index (κ2) is 8.16. The third-order valence-electron chi connectivity index (χ3n) is 4.18. The van der Waals surface area contributed by atoms with Crippen LogP contribution in [0.25, 0.3) is 16.9 Å². The highest BCUT2D eigenvalue weighted by Gasteiger charge is 2.18. The van der Waals surface area contributed by atoms with Gasteiger partial charge in [-0.15, -0.1) is 0 Å². The fourth-order valence-corrected chi connectivity index (χ4v) is 4.03. The molecule has 2 aromatic carbocycles. The largest absolute Gasteiger partial charge is 0.319 e. The van der Waals surface area contributed by atoms with Crippen molar-refractivity contribution in [2.45, 2.75) is 17.5 Å². The van der Waals surface area contributed by atoms with Crippen LogP contribution in [0.2, 0.25) is 5.02 Å². The summed E-state index contributed by atoms with van der Waals surface area (Å²) in [5.74, 6) is 0.544. The molecule has 142 valence electrons. The first-order valence-corrected chi connectivity index (χ1v) is 9.82. The van der Waals surface area contributed by atoms with Crippen molar-refractivity contribution in [1.29, 1.82) is 0 Å². The van der Waals surface area contributed by atoms with Crippen molar-refractivity contribution in [2.24, 2.45) is 0 Å². The monoisotopic (exact) mass is 416 g/mol. The van der Waals surface area contributed by atoms with Crippen LogP contribution in [0.15, 0.2) is 78.3 Å². The molecule has 0 N–H and O–H groups in total. The van der Waals surface area contributed by atoms with Crippen molar-refractivity contribution in [1.82, 2.24) is 19.1 Å². The number of aromatic nitrogens is 4. The number of halogens is 3. The first-order chi connectivity index (χ1) is 13.6. The van der Waals surface area contributed by atoms with Crippen LogP contribution < -0.4 is 0 Å². The average molecular weight is 417 g/mol. The molecule has 0 bridgehead atoms. The van der Waals surface area contributed by atoms with Gasteiger partial charge in [-0.1, -0.05) is 65.8 Å². The van der Waals surface area contributed by atoms with Gasteiger partial charge >= 0.3 is 6.55 Å². The number of benzene rings is 2. The van der Waals surface area contributed by atoms with E-state index in [0.29, 0.717) is 10.2 Å². The van der Waals surface area contributed by atoms with Gasteiger partial charge in [-0.2, -0.15) is 8.78 Å². The van der Waals surface area contributed by atoms with Crippen molar-refractivity contribution < 1.29 is 8.78 Å². The van der Waals surface area contributed by atoms with E-state index in [1.807, 2.05) is 59.2 Å². The summed E-state index contributed by atoms with van der Waals surface area (Å²) in [6, 6.07) is 17.3. The minimum atomic E-state index is -2.62. The molecule has 0 aliphatic carbocycles. The molecule has 8 heteroatoms. The molecule has 0 saturated carbocycles. The van der Waals surface area contributed by atoms with E-state index in [-0.39, 0.29) is 11.6 Å². The number of rotatable bonds is 6. The molecule has 2 aromatic heterocycles. The summed E-state index contributed by atoms with van der Waals surface area (Å²) >= 11 is 7.77. The molecule has 28 heavy (non-hydrogen) atoms. The van der Waals surface area contributed by atoms with Crippen molar-refractivity contribution in [3.05, 3.63) is 84.0 Å². The van der Waals surface area contributed by atoms with Crippen molar-refractivity contribution >= 4 is 23.4 Å². The fraction of sp³-hybridized carbons (Fsp3) is 0.100. The van der Waals surface area contributed by atoms with E-state index in [2.05, 4.69) is 9.97 Å². The molecule has 4 nitrogen and oxygen atoms in total. The van der Waals surface area contributed by atoms with Crippen LogP contribution >= 0.6 is 23.4 Å². The van der Waals surface area contributed by atoms with Crippen LogP contribution in [0.5, 0.6) is 0 Å². The minimum absolute atomic E-state index is 0.257. The molecule has 0 radical (unpaired) electrons. The predicted molar refractivity (Wildman–Crippen MR) is 107 cm³/mol. The lowest BCUT2D eigenvalue weighted by Crippen LogP contribution is -2.04. The van der Waals surface area contributed by atoms with Crippen LogP contribution in [-0.2, 0) is 5.75 Å². The first-order valence-electron chi connectivity index (χ1n) is 8.46. The predicted octanol–water partition coefficient (Wildman–Crippen LogP) is 6.08. The van der Waals surface area contributed by atoms with Crippen molar-refractivity contribution in [3.8, 4) is 16.9 Å². The highest BCUT2D eigenvalue weighted by Crippen LogP contribution is 2.34. The minimum Gasteiger partial charge on any atom is -0.286 e. The Morgan fingerprint density at radius 2 is 1.75 bits per heavy atom. The summed E-state index contributed by atoms with van der Waals surface area (Å²) < 4.78 is 29.0. The lowest BCUT2D eigenvalue weighted by molar-refractivity contribution is 0.0678. The molecule has 0 atom stereocenters. The average Bonchev–Trinajstić information content (AvgIpc) is 3.34. The second-order valence-corrected chi connectivity index (χ2v) is 7.25. The van der Waals surface area contributed by atoms with E-state index < -0.39 is 6.55 Å². The molecule has 0 spiro atoms. The molecule has 0 amide bonds. The number of thioether (sulfide) groups is 1. The van der Waals surface area contributed by atoms with Gasteiger partial charge in [-0.05, 0) is 12.1 Å². The Morgan fingerprint density at radius 1 is 1.00 bits per heavy atom. The molecule has 0 fully saturated rings. The number of nitrogens with zero attached hydrogens (tertiary/aromatic N) is 4. The molecular weight excluding hydrogens is 402 g/mol. The van der Waals surface area contributed by atoms with Gasteiger partial charge in [0.15, 0.2) is 5.16 Å². The number of imidazole rings is 2. The Labute approximate surface area is 169 Å². The summed E-state index contributed by atoms with van der Waals surface area (Å²) in [6.45, 7) is -2.62. The topological polar surface area (TPSA) is 35.6 Å². The van der Waals surface area contributed by atoms with Gasteiger partial charge in [-0.3, -0.25) is 9.13 Å². The molecule has 4 rings (SSSR count). The maximum absolute atomic E-state index is 13.1. The van der Waals surface area contributed by atoms with E-state index >= 15 is 0 Å². The molecular formula is C20H15ClF2N4S. The Kier molecular flexibility index (Phi) is 5.45. The van der Waals surface area contributed by atoms with Crippen LogP contribution in [0.4, 0.5) is 8.78 Å². The molecule has 4 aromatic rings. The van der Waals surface area contributed by atoms with Gasteiger partial charge in [-0.25, -0.2) is 9.97 Å². The first kappa shape index (κ1) is 18.7. The smallest absolute Gasteiger partial charge is 0.286 e. The zero-order chi connectivity index (χ0) is 19.5. The third-order valence-corrected chi connectivity index (χ3v) is 5.45. The fourth-order valence-electron chi connectivity index (χ4n) is 2.88. The van der Waals surface area contributed by atoms with Crippen LogP contribution in [0, 0.1) is 0 Å². The van der Waals surface area contributed by atoms with E-state index in [9.17, 15) is 8.78 Å². The summed E-state index contributed by atoms with van der Waals surface area (Å²) in [5.41, 5.74) is 2.63. The maximum Gasteiger partial charge on any atom is 0.319 e. The summed E-state index contributed by atoms with van der Waals surface area (Å²) in [7, 11) is 0. The summed E-state index contributed by atoms with van der Waals surface area (Å²) in [5, 5.41) is 1.23. The van der Waals surface area contributed by atoms with E-state index in [4.69, 9.17) is 11.6 Å². The van der Waals surface area contributed by atoms with Gasteiger partial charge in [0.25, 0.3) is 0 Å². The summed E-state index contributed by atoms with van der Waals surface area (Å²) in [6.07, 6.45) is 4.41. The Hall–Kier alpha value is -2.64. The van der Waals surface area contributed by atoms with E-state index in [1.54, 1.807) is 6.20 Å². The van der Waals surface area contributed by atoms with Crippen LogP contribution in [0.3, 0.4) is 0 Å². The normalized spacial score (nSPS) is 11.3. The molecule has 2 heterocycles. The lowest BCUT2D eigenvalue weighted by atomic mass is 10.1. The molecule has 0 unspecified atom stereocenters. The number of alkyl halides is 2. The highest BCUT2D eigenvalue weighted by atomic mass is 35.5. The zero-order valence-electron chi connectivity index (χ0n) is 14.5. The van der Waals surface area contributed by atoms with E-state index in [1.165, 1.54) is 24.2 Å². The van der Waals surface area contributed by atoms with Gasteiger partial charge in [0, 0.05) is 18.0 Å². The highest BCUT2D eigenvalue weighted by molar-refractivity contribution is 7.98. The van der Waals surface area contributed by atoms with Crippen molar-refractivity contribution in [3.63, 3.8) is 0 Å². The Balaban J connectivity index is 1.74. The maximum atomic E-state index is 13.1. The number of para-hydroxylation sites is 1. The number of hydrogen-bond acceptors (Lipinski definition) is 3. The van der Waals surface area contributed by atoms with Crippen LogP contribution in [-0.4, -0.2) is 19.1 Å². The molecule has 0 aliphatic rings. The van der Waals surface area contributed by atoms with Gasteiger partial charge < -0.3 is 0 Å². The van der Waals surface area contributed by atoms with Gasteiger partial charge in [0.05, 0.1) is 28.4 Å². The van der Waals surface area contributed by atoms with Crippen LogP contribution in [0.1, 0.15) is 12.4 Å². The Morgan fingerprint density at radius 3 is 2.50 bits per heavy atom. The Bertz CT molecular complexity index is 1080. The lowest BCUT2D eigenvalue weighted by Gasteiger charge is -2.14. The molecule has 0 aliphatic heterocycles. The summed E-state index contributed by atoms with van der Waals surface area (Å²) in [4.78, 5) is 8.56. The molecule has 0 saturated heterocycles. The number of hydrogen-bond donors (Lipinski definition) is 0. The SMILES string of the molecule is FC(F)n1ccnc1CSc1ncc(-c2ccccc2)n1-c1ccccc1Cl.